The Morgan fingerprint density at radius 2 is 1.09 bits per heavy atom. The molecule has 0 aliphatic heterocycles. The molecule has 0 heterocycles. The first-order valence-electron chi connectivity index (χ1n) is 2.93. The average molecular weight is 219 g/mol. The summed E-state index contributed by atoms with van der Waals surface area (Å²) >= 11 is 0. The van der Waals surface area contributed by atoms with Crippen LogP contribution in [0.15, 0.2) is 36.4 Å². The molecule has 1 aromatic rings. The Bertz CT molecular complexity index is 144. The van der Waals surface area contributed by atoms with Crippen molar-refractivity contribution in [3.05, 3.63) is 36.4 Å². The van der Waals surface area contributed by atoms with Crippen molar-refractivity contribution in [2.24, 2.45) is 0 Å². The van der Waals surface area contributed by atoms with Crippen LogP contribution in [-0.2, 0) is 4.79 Å². The summed E-state index contributed by atoms with van der Waals surface area (Å²) in [6.07, 6.45) is 0. The smallest absolute Gasteiger partial charge is 0.0623 e. The fourth-order valence-electron chi connectivity index (χ4n) is 0.385. The molecule has 0 unspecified atom stereocenters. The molecule has 0 fully saturated rings. The molecule has 11 heavy (non-hydrogen) atoms. The quantitative estimate of drug-likeness (QED) is 0.657. The van der Waals surface area contributed by atoms with Crippen LogP contribution in [-0.4, -0.2) is 28.1 Å². The van der Waals surface area contributed by atoms with Crippen molar-refractivity contribution in [3.63, 3.8) is 0 Å². The molecule has 0 radical (unpaired) electrons. The van der Waals surface area contributed by atoms with Crippen LogP contribution in [0.4, 0.5) is 0 Å². The Morgan fingerprint density at radius 3 is 1.18 bits per heavy atom. The summed E-state index contributed by atoms with van der Waals surface area (Å²) in [5.74, 6) is -0.833. The van der Waals surface area contributed by atoms with Crippen molar-refractivity contribution >= 4 is 23.0 Å². The van der Waals surface area contributed by atoms with E-state index < -0.39 is 5.97 Å². The maximum atomic E-state index is 9.00. The Hall–Kier alpha value is -0.791. The van der Waals surface area contributed by atoms with Crippen LogP contribution < -0.4 is 0 Å². The number of carboxylic acid groups (broad SMARTS) is 1. The van der Waals surface area contributed by atoms with Gasteiger partial charge in [-0.1, -0.05) is 36.4 Å². The van der Waals surface area contributed by atoms with Crippen LogP contribution in [0.1, 0.15) is 6.92 Å². The SMILES string of the molecule is CC(=O)O.[SeH2].c1ccccc1. The minimum Gasteiger partial charge on any atom is -0.0623 e. The Kier molecular flexibility index (Phi) is 10.8. The normalized spacial score (nSPS) is 6.64. The topological polar surface area (TPSA) is 37.3 Å². The van der Waals surface area contributed by atoms with Gasteiger partial charge in [-0.25, -0.2) is 0 Å². The van der Waals surface area contributed by atoms with Crippen LogP contribution in [0, 0.1) is 0 Å². The molecule has 0 saturated carbocycles. The van der Waals surface area contributed by atoms with Gasteiger partial charge >= 0.3 is 17.1 Å². The zero-order valence-electron chi connectivity index (χ0n) is 6.32. The van der Waals surface area contributed by atoms with Crippen LogP contribution in [0.2, 0.25) is 0 Å². The Morgan fingerprint density at radius 1 is 1.00 bits per heavy atom. The van der Waals surface area contributed by atoms with Gasteiger partial charge in [-0.05, 0) is 0 Å². The summed E-state index contributed by atoms with van der Waals surface area (Å²) in [6, 6.07) is 12.0. The van der Waals surface area contributed by atoms with Crippen molar-refractivity contribution < 1.29 is 9.90 Å². The van der Waals surface area contributed by atoms with E-state index in [0.717, 1.165) is 6.92 Å². The minimum absolute atomic E-state index is 0. The number of aliphatic carboxylic acids is 1. The van der Waals surface area contributed by atoms with E-state index in [0.29, 0.717) is 0 Å². The van der Waals surface area contributed by atoms with E-state index in [9.17, 15) is 0 Å². The maximum absolute atomic E-state index is 9.00. The number of benzene rings is 1. The van der Waals surface area contributed by atoms with Crippen molar-refractivity contribution in [1.29, 1.82) is 0 Å². The van der Waals surface area contributed by atoms with Crippen molar-refractivity contribution in [1.82, 2.24) is 0 Å². The van der Waals surface area contributed by atoms with Crippen molar-refractivity contribution in [2.75, 3.05) is 0 Å². The second kappa shape index (κ2) is 9.21. The molecule has 0 spiro atoms. The third-order valence-corrected chi connectivity index (χ3v) is 0.667. The van der Waals surface area contributed by atoms with E-state index in [2.05, 4.69) is 0 Å². The Balaban J connectivity index is 0. The summed E-state index contributed by atoms with van der Waals surface area (Å²) in [6.45, 7) is 1.08. The summed E-state index contributed by atoms with van der Waals surface area (Å²) in [7, 11) is 0. The number of rotatable bonds is 0. The molecule has 0 saturated heterocycles. The van der Waals surface area contributed by atoms with Gasteiger partial charge in [0.2, 0.25) is 0 Å². The second-order valence-electron chi connectivity index (χ2n) is 1.67. The summed E-state index contributed by atoms with van der Waals surface area (Å²) in [5.41, 5.74) is 0. The molecule has 62 valence electrons. The molecule has 0 atom stereocenters. The predicted molar refractivity (Wildman–Crippen MR) is 48.3 cm³/mol. The molecule has 1 N–H and O–H groups in total. The predicted octanol–water partition coefficient (Wildman–Crippen LogP) is 0.861. The minimum atomic E-state index is -0.833. The molecule has 0 aliphatic rings. The van der Waals surface area contributed by atoms with Gasteiger partial charge in [-0.2, -0.15) is 0 Å². The maximum Gasteiger partial charge on any atom is -0.0623 e. The van der Waals surface area contributed by atoms with E-state index in [4.69, 9.17) is 9.90 Å². The number of hydrogen-bond acceptors (Lipinski definition) is 1. The van der Waals surface area contributed by atoms with E-state index in [1.807, 2.05) is 36.4 Å². The van der Waals surface area contributed by atoms with Crippen LogP contribution in [0.25, 0.3) is 0 Å². The second-order valence-corrected chi connectivity index (χ2v) is 1.67. The van der Waals surface area contributed by atoms with Crippen LogP contribution in [0.3, 0.4) is 0 Å². The van der Waals surface area contributed by atoms with Crippen molar-refractivity contribution in [2.45, 2.75) is 6.92 Å². The first-order chi connectivity index (χ1) is 4.73. The third-order valence-electron chi connectivity index (χ3n) is 0.667. The van der Waals surface area contributed by atoms with Gasteiger partial charge in [0.15, 0.2) is 0 Å². The molecule has 0 aromatic heterocycles. The van der Waals surface area contributed by atoms with E-state index >= 15 is 0 Å². The van der Waals surface area contributed by atoms with Gasteiger partial charge in [0.1, 0.15) is 0 Å². The molecule has 0 bridgehead atoms. The van der Waals surface area contributed by atoms with Gasteiger partial charge in [0, 0.05) is 6.92 Å². The molecule has 1 aromatic carbocycles. The standard InChI is InChI=1S/C6H6.C2H4O2.H2Se/c1-2-4-6-5-3-1;1-2(3)4;/h1-6H;1H3,(H,3,4);1H2. The summed E-state index contributed by atoms with van der Waals surface area (Å²) < 4.78 is 0. The van der Waals surface area contributed by atoms with Gasteiger partial charge in [-0.3, -0.25) is 4.79 Å². The molecular weight excluding hydrogens is 207 g/mol. The largest absolute Gasteiger partial charge is 0.0623 e. The van der Waals surface area contributed by atoms with Crippen LogP contribution in [0.5, 0.6) is 0 Å². The van der Waals surface area contributed by atoms with E-state index in [-0.39, 0.29) is 17.1 Å². The van der Waals surface area contributed by atoms with E-state index in [1.54, 1.807) is 0 Å². The summed E-state index contributed by atoms with van der Waals surface area (Å²) in [4.78, 5) is 9.00. The third kappa shape index (κ3) is 17.6. The molecule has 1 rings (SSSR count). The van der Waals surface area contributed by atoms with Gasteiger partial charge < -0.3 is 5.11 Å². The van der Waals surface area contributed by atoms with Crippen LogP contribution >= 0.6 is 0 Å². The van der Waals surface area contributed by atoms with Gasteiger partial charge in [0.05, 0.1) is 0 Å². The first kappa shape index (κ1) is 12.8. The zero-order chi connectivity index (χ0) is 7.82. The molecule has 2 nitrogen and oxygen atoms in total. The molecule has 0 amide bonds. The number of carboxylic acids is 1. The van der Waals surface area contributed by atoms with Gasteiger partial charge in [-0.15, -0.1) is 0 Å². The fourth-order valence-corrected chi connectivity index (χ4v) is 0.385. The zero-order valence-corrected chi connectivity index (χ0v) is 8.42. The average Bonchev–Trinajstić information content (AvgIpc) is 1.90. The number of hydrogen-bond donors (Lipinski definition) is 1. The van der Waals surface area contributed by atoms with Crippen molar-refractivity contribution in [3.8, 4) is 0 Å². The molecule has 0 aliphatic carbocycles. The molecule has 3 heteroatoms. The van der Waals surface area contributed by atoms with E-state index in [1.165, 1.54) is 0 Å². The Labute approximate surface area is 76.7 Å². The monoisotopic (exact) mass is 220 g/mol. The summed E-state index contributed by atoms with van der Waals surface area (Å²) in [5, 5.41) is 7.42. The fraction of sp³-hybridized carbons (Fsp3) is 0.125. The first-order valence-corrected chi connectivity index (χ1v) is 2.93. The van der Waals surface area contributed by atoms with Gasteiger partial charge in [0.25, 0.3) is 5.97 Å². The molecular formula is C8H12O2Se. The number of carbonyl (C=O) groups is 1.